The maximum Gasteiger partial charge on any atom is 0.259 e. The SMILES string of the molecule is CCN(CC)S(=O)(=O)c1ccc(OC)c(C(=O)Nc2ccc(-c3cn4c(n3)CCCC4)cc2)c1. The first kappa shape index (κ1) is 24.0. The van der Waals surface area contributed by atoms with Crippen LogP contribution in [0.4, 0.5) is 5.69 Å². The zero-order valence-corrected chi connectivity index (χ0v) is 20.6. The van der Waals surface area contributed by atoms with Crippen LogP contribution in [0.25, 0.3) is 11.3 Å². The first-order chi connectivity index (χ1) is 16.4. The molecule has 0 saturated carbocycles. The summed E-state index contributed by atoms with van der Waals surface area (Å²) in [4.78, 5) is 17.9. The van der Waals surface area contributed by atoms with Crippen molar-refractivity contribution in [2.75, 3.05) is 25.5 Å². The molecule has 9 heteroatoms. The Morgan fingerprint density at radius 2 is 1.85 bits per heavy atom. The summed E-state index contributed by atoms with van der Waals surface area (Å²) >= 11 is 0. The van der Waals surface area contributed by atoms with Crippen molar-refractivity contribution in [3.8, 4) is 17.0 Å². The predicted octanol–water partition coefficient (Wildman–Crippen LogP) is 4.18. The van der Waals surface area contributed by atoms with Crippen molar-refractivity contribution in [2.45, 2.75) is 44.6 Å². The minimum Gasteiger partial charge on any atom is -0.496 e. The number of amides is 1. The van der Waals surface area contributed by atoms with E-state index in [-0.39, 0.29) is 10.5 Å². The van der Waals surface area contributed by atoms with Gasteiger partial charge in [-0.05, 0) is 43.2 Å². The molecule has 180 valence electrons. The molecule has 0 aliphatic carbocycles. The van der Waals surface area contributed by atoms with Crippen LogP contribution >= 0.6 is 0 Å². The fraction of sp³-hybridized carbons (Fsp3) is 0.360. The topological polar surface area (TPSA) is 93.5 Å². The fourth-order valence-corrected chi connectivity index (χ4v) is 5.70. The van der Waals surface area contributed by atoms with Crippen LogP contribution < -0.4 is 10.1 Å². The fourth-order valence-electron chi connectivity index (χ4n) is 4.21. The molecule has 1 aliphatic rings. The van der Waals surface area contributed by atoms with Gasteiger partial charge in [0.05, 0.1) is 23.3 Å². The third-order valence-corrected chi connectivity index (χ3v) is 8.15. The summed E-state index contributed by atoms with van der Waals surface area (Å²) in [6.45, 7) is 5.25. The summed E-state index contributed by atoms with van der Waals surface area (Å²) in [5, 5.41) is 2.84. The van der Waals surface area contributed by atoms with Crippen LogP contribution in [0.1, 0.15) is 42.9 Å². The minimum absolute atomic E-state index is 0.0567. The number of anilines is 1. The van der Waals surface area contributed by atoms with E-state index >= 15 is 0 Å². The third kappa shape index (κ3) is 4.71. The first-order valence-electron chi connectivity index (χ1n) is 11.5. The molecule has 1 amide bonds. The normalized spacial score (nSPS) is 13.5. The Bertz CT molecular complexity index is 1260. The number of ether oxygens (including phenoxy) is 1. The monoisotopic (exact) mass is 482 g/mol. The Kier molecular flexibility index (Phi) is 7.04. The second-order valence-corrected chi connectivity index (χ2v) is 10.1. The first-order valence-corrected chi connectivity index (χ1v) is 13.0. The Morgan fingerprint density at radius 1 is 1.12 bits per heavy atom. The van der Waals surface area contributed by atoms with E-state index in [4.69, 9.17) is 9.72 Å². The number of aromatic nitrogens is 2. The van der Waals surface area contributed by atoms with E-state index in [1.807, 2.05) is 24.3 Å². The van der Waals surface area contributed by atoms with Crippen molar-refractivity contribution in [3.05, 3.63) is 60.0 Å². The van der Waals surface area contributed by atoms with Gasteiger partial charge in [-0.1, -0.05) is 26.0 Å². The molecule has 0 atom stereocenters. The van der Waals surface area contributed by atoms with Crippen LogP contribution in [0.15, 0.2) is 53.6 Å². The van der Waals surface area contributed by atoms with Gasteiger partial charge in [-0.15, -0.1) is 0 Å². The highest BCUT2D eigenvalue weighted by Crippen LogP contribution is 2.27. The number of benzene rings is 2. The second kappa shape index (κ2) is 9.99. The number of imidazole rings is 1. The van der Waals surface area contributed by atoms with Crippen LogP contribution in [-0.4, -0.2) is 48.4 Å². The van der Waals surface area contributed by atoms with Crippen molar-refractivity contribution in [2.24, 2.45) is 0 Å². The number of nitrogens with one attached hydrogen (secondary N) is 1. The molecule has 0 radical (unpaired) electrons. The number of nitrogens with zero attached hydrogens (tertiary/aromatic N) is 3. The van der Waals surface area contributed by atoms with Gasteiger partial charge in [-0.25, -0.2) is 13.4 Å². The van der Waals surface area contributed by atoms with Crippen LogP contribution in [-0.2, 0) is 23.0 Å². The molecule has 0 saturated heterocycles. The van der Waals surface area contributed by atoms with Crippen molar-refractivity contribution in [3.63, 3.8) is 0 Å². The zero-order valence-electron chi connectivity index (χ0n) is 19.7. The van der Waals surface area contributed by atoms with Crippen molar-refractivity contribution in [1.82, 2.24) is 13.9 Å². The number of hydrogen-bond donors (Lipinski definition) is 1. The molecule has 0 unspecified atom stereocenters. The third-order valence-electron chi connectivity index (χ3n) is 6.11. The molecule has 34 heavy (non-hydrogen) atoms. The molecule has 1 N–H and O–H groups in total. The summed E-state index contributed by atoms with van der Waals surface area (Å²) in [7, 11) is -2.26. The molecule has 1 aliphatic heterocycles. The van der Waals surface area contributed by atoms with E-state index in [0.717, 1.165) is 30.0 Å². The van der Waals surface area contributed by atoms with Gasteiger partial charge in [0.15, 0.2) is 0 Å². The quantitative estimate of drug-likeness (QED) is 0.520. The van der Waals surface area contributed by atoms with Gasteiger partial charge in [-0.3, -0.25) is 4.79 Å². The summed E-state index contributed by atoms with van der Waals surface area (Å²) < 4.78 is 34.7. The zero-order chi connectivity index (χ0) is 24.3. The maximum atomic E-state index is 13.1. The number of aryl methyl sites for hydroxylation is 2. The molecule has 8 nitrogen and oxygen atoms in total. The van der Waals surface area contributed by atoms with Crippen LogP contribution in [0.5, 0.6) is 5.75 Å². The van der Waals surface area contributed by atoms with E-state index in [1.165, 1.54) is 42.5 Å². The molecule has 1 aromatic heterocycles. The number of fused-ring (bicyclic) bond motifs is 1. The molecule has 3 aromatic rings. The molecule has 0 fully saturated rings. The average molecular weight is 483 g/mol. The summed E-state index contributed by atoms with van der Waals surface area (Å²) in [5.74, 6) is 0.972. The van der Waals surface area contributed by atoms with E-state index < -0.39 is 15.9 Å². The van der Waals surface area contributed by atoms with Gasteiger partial charge in [0.25, 0.3) is 5.91 Å². The maximum absolute atomic E-state index is 13.1. The molecule has 0 bridgehead atoms. The molecular weight excluding hydrogens is 452 g/mol. The summed E-state index contributed by atoms with van der Waals surface area (Å²) in [6.07, 6.45) is 5.42. The van der Waals surface area contributed by atoms with E-state index in [1.54, 1.807) is 13.8 Å². The summed E-state index contributed by atoms with van der Waals surface area (Å²) in [5.41, 5.74) is 2.65. The van der Waals surface area contributed by atoms with E-state index in [9.17, 15) is 13.2 Å². The molecule has 0 spiro atoms. The highest BCUT2D eigenvalue weighted by molar-refractivity contribution is 7.89. The van der Waals surface area contributed by atoms with Crippen molar-refractivity contribution < 1.29 is 17.9 Å². The van der Waals surface area contributed by atoms with Crippen LogP contribution in [0.3, 0.4) is 0 Å². The molecular formula is C25H30N4O4S. The number of sulfonamides is 1. The number of methoxy groups -OCH3 is 1. The second-order valence-electron chi connectivity index (χ2n) is 8.18. The Labute approximate surface area is 200 Å². The van der Waals surface area contributed by atoms with Crippen LogP contribution in [0.2, 0.25) is 0 Å². The number of hydrogen-bond acceptors (Lipinski definition) is 5. The van der Waals surface area contributed by atoms with Gasteiger partial charge in [0.1, 0.15) is 11.6 Å². The van der Waals surface area contributed by atoms with Crippen LogP contribution in [0, 0.1) is 0 Å². The standard InChI is InChI=1S/C25H30N4O4S/c1-4-29(5-2)34(31,32)20-13-14-23(33-3)21(16-20)25(30)26-19-11-9-18(10-12-19)22-17-28-15-7-6-8-24(28)27-22/h9-14,16-17H,4-8,15H2,1-3H3,(H,26,30). The molecule has 4 rings (SSSR count). The lowest BCUT2D eigenvalue weighted by atomic mass is 10.1. The lowest BCUT2D eigenvalue weighted by Crippen LogP contribution is -2.30. The Hall–Kier alpha value is -3.17. The molecule has 2 aromatic carbocycles. The van der Waals surface area contributed by atoms with Gasteiger partial charge >= 0.3 is 0 Å². The minimum atomic E-state index is -3.70. The van der Waals surface area contributed by atoms with Gasteiger partial charge < -0.3 is 14.6 Å². The van der Waals surface area contributed by atoms with Gasteiger partial charge in [0, 0.05) is 43.5 Å². The highest BCUT2D eigenvalue weighted by atomic mass is 32.2. The van der Waals surface area contributed by atoms with Gasteiger partial charge in [-0.2, -0.15) is 4.31 Å². The highest BCUT2D eigenvalue weighted by Gasteiger charge is 2.24. The largest absolute Gasteiger partial charge is 0.496 e. The smallest absolute Gasteiger partial charge is 0.259 e. The van der Waals surface area contributed by atoms with E-state index in [0.29, 0.717) is 24.5 Å². The van der Waals surface area contributed by atoms with E-state index in [2.05, 4.69) is 16.1 Å². The Morgan fingerprint density at radius 3 is 2.50 bits per heavy atom. The van der Waals surface area contributed by atoms with Crippen molar-refractivity contribution in [1.29, 1.82) is 0 Å². The lowest BCUT2D eigenvalue weighted by molar-refractivity contribution is 0.102. The number of carbonyl (C=O) groups excluding carboxylic acids is 1. The van der Waals surface area contributed by atoms with Crippen molar-refractivity contribution >= 4 is 21.6 Å². The number of carbonyl (C=O) groups is 1. The average Bonchev–Trinajstić information content (AvgIpc) is 3.29. The molecule has 2 heterocycles. The predicted molar refractivity (Wildman–Crippen MR) is 132 cm³/mol. The summed E-state index contributed by atoms with van der Waals surface area (Å²) in [6, 6.07) is 11.8. The number of rotatable bonds is 8. The van der Waals surface area contributed by atoms with Gasteiger partial charge in [0.2, 0.25) is 10.0 Å². The lowest BCUT2D eigenvalue weighted by Gasteiger charge is -2.19. The Balaban J connectivity index is 1.55.